The Morgan fingerprint density at radius 2 is 1.19 bits per heavy atom. The highest BCUT2D eigenvalue weighted by Crippen LogP contribution is 2.04. The predicted molar refractivity (Wildman–Crippen MR) is 155 cm³/mol. The summed E-state index contributed by atoms with van der Waals surface area (Å²) in [5.41, 5.74) is 0. The van der Waals surface area contributed by atoms with Crippen LogP contribution >= 0.6 is 0 Å². The molecule has 0 amide bonds. The van der Waals surface area contributed by atoms with Crippen molar-refractivity contribution >= 4 is 12.3 Å². The summed E-state index contributed by atoms with van der Waals surface area (Å²) in [5, 5.41) is 50.2. The molecule has 0 saturated carbocycles. The van der Waals surface area contributed by atoms with Gasteiger partial charge in [-0.15, -0.1) is 0 Å². The van der Waals surface area contributed by atoms with Gasteiger partial charge in [0.15, 0.2) is 0 Å². The normalized spacial score (nSPS) is 17.2. The number of ether oxygens (including phenoxy) is 8. The first-order valence-electron chi connectivity index (χ1n) is 13.7. The van der Waals surface area contributed by atoms with Crippen molar-refractivity contribution in [2.24, 2.45) is 0 Å². The summed E-state index contributed by atoms with van der Waals surface area (Å²) >= 11 is 0. The molecule has 16 heteroatoms. The van der Waals surface area contributed by atoms with Crippen LogP contribution in [0.5, 0.6) is 0 Å². The monoisotopic (exact) mass is 638 g/mol. The molecule has 0 spiro atoms. The van der Waals surface area contributed by atoms with Crippen LogP contribution in [0, 0.1) is 0 Å². The Morgan fingerprint density at radius 3 is 1.53 bits per heavy atom. The Kier molecular flexibility index (Phi) is 38.7. The van der Waals surface area contributed by atoms with E-state index in [1.807, 2.05) is 0 Å². The summed E-state index contributed by atoms with van der Waals surface area (Å²) < 4.78 is 38.0. The van der Waals surface area contributed by atoms with Gasteiger partial charge in [0.1, 0.15) is 25.4 Å². The molecule has 2 rings (SSSR count). The summed E-state index contributed by atoms with van der Waals surface area (Å²) in [5.74, 6) is 0. The van der Waals surface area contributed by atoms with Crippen molar-refractivity contribution in [1.29, 1.82) is 0 Å². The lowest BCUT2D eigenvalue weighted by molar-refractivity contribution is -0.0403. The van der Waals surface area contributed by atoms with Gasteiger partial charge in [-0.3, -0.25) is 0 Å². The number of carbonyl (C=O) groups excluding carboxylic acids is 2. The fourth-order valence-corrected chi connectivity index (χ4v) is 1.55. The Balaban J connectivity index is -0.000000257. The van der Waals surface area contributed by atoms with Crippen molar-refractivity contribution in [2.45, 2.75) is 85.6 Å². The summed E-state index contributed by atoms with van der Waals surface area (Å²) in [4.78, 5) is 21.9. The average Bonchev–Trinajstić information content (AvgIpc) is 3.87. The van der Waals surface area contributed by atoms with E-state index in [-0.39, 0.29) is 73.0 Å². The van der Waals surface area contributed by atoms with Crippen LogP contribution in [0.2, 0.25) is 0 Å². The highest BCUT2D eigenvalue weighted by molar-refractivity contribution is 5.60. The summed E-state index contributed by atoms with van der Waals surface area (Å²) in [6.45, 7) is 13.0. The third kappa shape index (κ3) is 53.2. The van der Waals surface area contributed by atoms with Gasteiger partial charge in [-0.25, -0.2) is 9.59 Å². The van der Waals surface area contributed by atoms with E-state index >= 15 is 0 Å². The SMILES string of the molecule is C.C1CO1.CC(COC(=O)OC(C)COCCO)OCCO.CC(O)CO.CC(O)COC(=O)OC(C)CO.CC1CO1. The molecule has 0 aromatic carbocycles. The zero-order chi connectivity index (χ0) is 32.8. The highest BCUT2D eigenvalue weighted by atomic mass is 16.7. The van der Waals surface area contributed by atoms with Gasteiger partial charge in [0.25, 0.3) is 0 Å². The van der Waals surface area contributed by atoms with Gasteiger partial charge in [-0.1, -0.05) is 7.43 Å². The van der Waals surface area contributed by atoms with Crippen molar-refractivity contribution in [3.05, 3.63) is 0 Å². The first kappa shape index (κ1) is 48.1. The maximum atomic E-state index is 11.2. The van der Waals surface area contributed by atoms with Crippen LogP contribution in [0.4, 0.5) is 9.59 Å². The van der Waals surface area contributed by atoms with Crippen LogP contribution in [-0.4, -0.2) is 159 Å². The maximum Gasteiger partial charge on any atom is 0.508 e. The van der Waals surface area contributed by atoms with E-state index in [9.17, 15) is 9.59 Å². The molecule has 16 nitrogen and oxygen atoms in total. The Morgan fingerprint density at radius 1 is 0.744 bits per heavy atom. The van der Waals surface area contributed by atoms with Gasteiger partial charge in [0.05, 0.1) is 90.5 Å². The van der Waals surface area contributed by atoms with Crippen molar-refractivity contribution < 1.29 is 78.1 Å². The van der Waals surface area contributed by atoms with Gasteiger partial charge < -0.3 is 68.5 Å². The molecule has 0 bridgehead atoms. The molecule has 6 unspecified atom stereocenters. The fourth-order valence-electron chi connectivity index (χ4n) is 1.55. The van der Waals surface area contributed by atoms with Crippen LogP contribution in [0.3, 0.4) is 0 Å². The number of rotatable bonds is 15. The third-order valence-corrected chi connectivity index (χ3v) is 3.78. The standard InChI is InChI=1S/C11H22O7.C7H14O5.C3H8O2.C3H6O.C2H4O.CH4/c1-9(16-6-4-13)8-17-11(14)18-10(2)7-15-5-3-12;1-5(9)4-11-7(10)12-6(2)3-8;1-3(5)2-4;1-3-2-4-3;1-2-3-1;/h9-10,12-13H,3-8H2,1-2H3;5-6,8-9H,3-4H2,1-2H3;3-5H,2H2,1H3;3H,2H2,1H3;1-2H2;1H4. The fraction of sp³-hybridized carbons (Fsp3) is 0.926. The van der Waals surface area contributed by atoms with Crippen molar-refractivity contribution in [1.82, 2.24) is 0 Å². The maximum absolute atomic E-state index is 11.2. The minimum atomic E-state index is -0.877. The molecule has 2 aliphatic heterocycles. The first-order chi connectivity index (χ1) is 19.8. The minimum absolute atomic E-state index is 0. The lowest BCUT2D eigenvalue weighted by Crippen LogP contribution is -2.25. The number of epoxide rings is 2. The van der Waals surface area contributed by atoms with E-state index in [2.05, 4.69) is 21.1 Å². The molecular weight excluding hydrogens is 580 g/mol. The van der Waals surface area contributed by atoms with Crippen LogP contribution < -0.4 is 0 Å². The van der Waals surface area contributed by atoms with Crippen molar-refractivity contribution in [2.75, 3.05) is 79.3 Å². The molecule has 0 radical (unpaired) electrons. The molecular formula is C27H58O16. The van der Waals surface area contributed by atoms with Crippen LogP contribution in [0.1, 0.15) is 49.0 Å². The zero-order valence-electron chi connectivity index (χ0n) is 25.7. The summed E-state index contributed by atoms with van der Waals surface area (Å²) in [6, 6.07) is 0. The summed E-state index contributed by atoms with van der Waals surface area (Å²) in [6.07, 6.45) is -3.68. The third-order valence-electron chi connectivity index (χ3n) is 3.78. The molecule has 6 N–H and O–H groups in total. The van der Waals surface area contributed by atoms with Crippen molar-refractivity contribution in [3.8, 4) is 0 Å². The second-order valence-electron chi connectivity index (χ2n) is 9.00. The lowest BCUT2D eigenvalue weighted by Gasteiger charge is -2.15. The molecule has 2 aliphatic rings. The van der Waals surface area contributed by atoms with Gasteiger partial charge in [0, 0.05) is 0 Å². The van der Waals surface area contributed by atoms with Crippen LogP contribution in [-0.2, 0) is 37.9 Å². The topological polar surface area (TPSA) is 236 Å². The first-order valence-corrected chi connectivity index (χ1v) is 13.7. The van der Waals surface area contributed by atoms with E-state index in [1.165, 1.54) is 20.8 Å². The Bertz CT molecular complexity index is 585. The lowest BCUT2D eigenvalue weighted by atomic mass is 10.4. The van der Waals surface area contributed by atoms with Crippen molar-refractivity contribution in [3.63, 3.8) is 0 Å². The second-order valence-corrected chi connectivity index (χ2v) is 9.00. The molecule has 0 aromatic heterocycles. The molecule has 6 atom stereocenters. The molecule has 262 valence electrons. The Labute approximate surface area is 255 Å². The van der Waals surface area contributed by atoms with Gasteiger partial charge in [-0.2, -0.15) is 0 Å². The van der Waals surface area contributed by atoms with E-state index in [0.29, 0.717) is 6.10 Å². The van der Waals surface area contributed by atoms with Crippen LogP contribution in [0.25, 0.3) is 0 Å². The smallest absolute Gasteiger partial charge is 0.432 e. The number of hydrogen-bond donors (Lipinski definition) is 6. The van der Waals surface area contributed by atoms with Gasteiger partial charge in [-0.05, 0) is 41.5 Å². The Hall–Kier alpha value is -1.86. The largest absolute Gasteiger partial charge is 0.508 e. The second kappa shape index (κ2) is 34.6. The summed E-state index contributed by atoms with van der Waals surface area (Å²) in [7, 11) is 0. The number of aliphatic hydroxyl groups is 6. The average molecular weight is 639 g/mol. The number of carbonyl (C=O) groups is 2. The van der Waals surface area contributed by atoms with E-state index in [4.69, 9.17) is 54.3 Å². The quantitative estimate of drug-likeness (QED) is 0.0801. The van der Waals surface area contributed by atoms with E-state index in [1.54, 1.807) is 13.8 Å². The molecule has 0 aromatic rings. The van der Waals surface area contributed by atoms with E-state index in [0.717, 1.165) is 19.8 Å². The van der Waals surface area contributed by atoms with Gasteiger partial charge >= 0.3 is 12.3 Å². The molecule has 43 heavy (non-hydrogen) atoms. The van der Waals surface area contributed by atoms with E-state index < -0.39 is 36.7 Å². The zero-order valence-corrected chi connectivity index (χ0v) is 25.7. The molecule has 0 aliphatic carbocycles. The highest BCUT2D eigenvalue weighted by Gasteiger charge is 2.14. The number of aliphatic hydroxyl groups excluding tert-OH is 6. The molecule has 2 saturated heterocycles. The van der Waals surface area contributed by atoms with Crippen LogP contribution in [0.15, 0.2) is 0 Å². The number of hydrogen-bond acceptors (Lipinski definition) is 16. The minimum Gasteiger partial charge on any atom is -0.432 e. The molecule has 2 fully saturated rings. The van der Waals surface area contributed by atoms with Gasteiger partial charge in [0.2, 0.25) is 0 Å². The molecule has 2 heterocycles. The predicted octanol–water partition coefficient (Wildman–Crippen LogP) is 0.253.